The van der Waals surface area contributed by atoms with Gasteiger partial charge in [0.1, 0.15) is 5.82 Å². The van der Waals surface area contributed by atoms with Crippen LogP contribution in [-0.2, 0) is 0 Å². The largest absolute Gasteiger partial charge is 0.398 e. The Balaban J connectivity index is 2.65. The van der Waals surface area contributed by atoms with E-state index in [1.807, 2.05) is 36.7 Å². The van der Waals surface area contributed by atoms with Crippen LogP contribution in [0.1, 0.15) is 0 Å². The van der Waals surface area contributed by atoms with Gasteiger partial charge in [0, 0.05) is 22.9 Å². The van der Waals surface area contributed by atoms with Crippen LogP contribution in [0.25, 0.3) is 0 Å². The molecule has 1 aromatic rings. The molecule has 0 fully saturated rings. The maximum Gasteiger partial charge on any atom is 0.137 e. The minimum absolute atomic E-state index is 0.197. The second kappa shape index (κ2) is 5.91. The highest BCUT2D eigenvalue weighted by Gasteiger charge is 2.06. The molecule has 2 nitrogen and oxygen atoms in total. The average Bonchev–Trinajstić information content (AvgIpc) is 2.13. The molecule has 0 aliphatic carbocycles. The Labute approximate surface area is 108 Å². The van der Waals surface area contributed by atoms with Gasteiger partial charge in [-0.1, -0.05) is 0 Å². The molecule has 0 saturated carbocycles. The number of nitrogens with zero attached hydrogens (tertiary/aromatic N) is 1. The Kier molecular flexibility index (Phi) is 5.14. The molecule has 0 radical (unpaired) electrons. The number of thioether (sulfide) groups is 1. The summed E-state index contributed by atoms with van der Waals surface area (Å²) in [4.78, 5) is 2.92. The molecule has 0 aromatic heterocycles. The summed E-state index contributed by atoms with van der Waals surface area (Å²) in [6.45, 7) is 0.956. The summed E-state index contributed by atoms with van der Waals surface area (Å²) in [7, 11) is 4.02. The summed E-state index contributed by atoms with van der Waals surface area (Å²) < 4.78 is 13.8. The number of benzene rings is 1. The van der Waals surface area contributed by atoms with E-state index in [2.05, 4.69) is 4.90 Å². The van der Waals surface area contributed by atoms with Gasteiger partial charge in [0.25, 0.3) is 0 Å². The van der Waals surface area contributed by atoms with Gasteiger partial charge in [-0.15, -0.1) is 11.8 Å². The van der Waals surface area contributed by atoms with E-state index >= 15 is 0 Å². The summed E-state index contributed by atoms with van der Waals surface area (Å²) in [5.74, 6) is 0.717. The van der Waals surface area contributed by atoms with Crippen LogP contribution in [0.4, 0.5) is 10.1 Å². The van der Waals surface area contributed by atoms with Crippen LogP contribution in [-0.4, -0.2) is 31.3 Å². The fourth-order valence-corrected chi connectivity index (χ4v) is 2.59. The molecule has 0 saturated heterocycles. The van der Waals surface area contributed by atoms with E-state index in [1.165, 1.54) is 6.07 Å². The van der Waals surface area contributed by atoms with Crippen LogP contribution in [0.2, 0.25) is 0 Å². The Morgan fingerprint density at radius 1 is 1.47 bits per heavy atom. The normalized spacial score (nSPS) is 11.0. The van der Waals surface area contributed by atoms with Crippen molar-refractivity contribution in [1.29, 1.82) is 0 Å². The highest BCUT2D eigenvalue weighted by molar-refractivity contribution is 14.1. The third-order valence-corrected chi connectivity index (χ3v) is 3.73. The number of halogens is 2. The number of hydrogen-bond acceptors (Lipinski definition) is 3. The van der Waals surface area contributed by atoms with Gasteiger partial charge in [-0.05, 0) is 48.8 Å². The van der Waals surface area contributed by atoms with E-state index in [0.29, 0.717) is 9.26 Å². The Morgan fingerprint density at radius 2 is 2.13 bits per heavy atom. The maximum absolute atomic E-state index is 13.3. The highest BCUT2D eigenvalue weighted by atomic mass is 127. The zero-order chi connectivity index (χ0) is 11.4. The van der Waals surface area contributed by atoms with Crippen molar-refractivity contribution in [3.63, 3.8) is 0 Å². The number of hydrogen-bond donors (Lipinski definition) is 1. The molecule has 0 heterocycles. The smallest absolute Gasteiger partial charge is 0.137 e. The molecular formula is C10H14FIN2S. The number of anilines is 1. The van der Waals surface area contributed by atoms with Gasteiger partial charge in [0.2, 0.25) is 0 Å². The first-order chi connectivity index (χ1) is 7.00. The highest BCUT2D eigenvalue weighted by Crippen LogP contribution is 2.28. The zero-order valence-electron chi connectivity index (χ0n) is 8.76. The topological polar surface area (TPSA) is 29.3 Å². The van der Waals surface area contributed by atoms with Crippen molar-refractivity contribution in [3.8, 4) is 0 Å². The third-order valence-electron chi connectivity index (χ3n) is 1.85. The van der Waals surface area contributed by atoms with E-state index in [9.17, 15) is 4.39 Å². The molecule has 0 aliphatic rings. The molecule has 5 heteroatoms. The summed E-state index contributed by atoms with van der Waals surface area (Å²) in [6, 6.07) is 3.19. The van der Waals surface area contributed by atoms with Crippen molar-refractivity contribution >= 4 is 40.0 Å². The van der Waals surface area contributed by atoms with Gasteiger partial charge in [0.15, 0.2) is 0 Å². The summed E-state index contributed by atoms with van der Waals surface area (Å²) in [5, 5.41) is 0. The van der Waals surface area contributed by atoms with Gasteiger partial charge in [-0.2, -0.15) is 0 Å². The Hall–Kier alpha value is -0.0100. The van der Waals surface area contributed by atoms with Crippen LogP contribution in [0, 0.1) is 9.39 Å². The lowest BCUT2D eigenvalue weighted by Gasteiger charge is -2.10. The van der Waals surface area contributed by atoms with Crippen LogP contribution in [0.5, 0.6) is 0 Å². The third kappa shape index (κ3) is 4.16. The molecule has 0 atom stereocenters. The molecule has 0 unspecified atom stereocenters. The van der Waals surface area contributed by atoms with Crippen molar-refractivity contribution in [1.82, 2.24) is 4.90 Å². The van der Waals surface area contributed by atoms with Gasteiger partial charge in [-0.3, -0.25) is 0 Å². The lowest BCUT2D eigenvalue weighted by atomic mass is 10.3. The summed E-state index contributed by atoms with van der Waals surface area (Å²) in [6.07, 6.45) is 0. The van der Waals surface area contributed by atoms with Gasteiger partial charge in [0.05, 0.1) is 3.57 Å². The molecule has 0 bridgehead atoms. The van der Waals surface area contributed by atoms with Gasteiger partial charge < -0.3 is 10.6 Å². The standard InChI is InChI=1S/C10H14FIN2S/c1-14(2)3-4-15-10-5-7(11)8(12)6-9(10)13/h5-6H,3-4,13H2,1-2H3. The van der Waals surface area contributed by atoms with Crippen LogP contribution in [0.3, 0.4) is 0 Å². The monoisotopic (exact) mass is 340 g/mol. The first-order valence-corrected chi connectivity index (χ1v) is 6.59. The molecule has 0 aliphatic heterocycles. The van der Waals surface area contributed by atoms with Crippen LogP contribution < -0.4 is 5.73 Å². The second-order valence-electron chi connectivity index (χ2n) is 3.46. The Morgan fingerprint density at radius 3 is 2.73 bits per heavy atom. The van der Waals surface area contributed by atoms with Gasteiger partial charge >= 0.3 is 0 Å². The average molecular weight is 340 g/mol. The molecule has 1 aromatic carbocycles. The van der Waals surface area contributed by atoms with Crippen molar-refractivity contribution in [2.24, 2.45) is 0 Å². The van der Waals surface area contributed by atoms with E-state index in [1.54, 1.807) is 17.8 Å². The lowest BCUT2D eigenvalue weighted by Crippen LogP contribution is -2.14. The molecule has 0 spiro atoms. The molecule has 0 amide bonds. The minimum atomic E-state index is -0.197. The summed E-state index contributed by atoms with van der Waals surface area (Å²) >= 11 is 3.53. The fourth-order valence-electron chi connectivity index (χ4n) is 1.01. The van der Waals surface area contributed by atoms with Crippen LogP contribution >= 0.6 is 34.4 Å². The second-order valence-corrected chi connectivity index (χ2v) is 5.75. The fraction of sp³-hybridized carbons (Fsp3) is 0.400. The molecule has 2 N–H and O–H groups in total. The molecule has 84 valence electrons. The first-order valence-electron chi connectivity index (χ1n) is 4.52. The number of rotatable bonds is 4. The summed E-state index contributed by atoms with van der Waals surface area (Å²) in [5.41, 5.74) is 6.46. The molecule has 15 heavy (non-hydrogen) atoms. The Bertz CT molecular complexity index is 344. The van der Waals surface area contributed by atoms with Crippen molar-refractivity contribution in [3.05, 3.63) is 21.5 Å². The number of nitrogens with two attached hydrogens (primary N) is 1. The van der Waals surface area contributed by atoms with Crippen LogP contribution in [0.15, 0.2) is 17.0 Å². The van der Waals surface area contributed by atoms with E-state index in [4.69, 9.17) is 5.73 Å². The van der Waals surface area contributed by atoms with Gasteiger partial charge in [-0.25, -0.2) is 4.39 Å². The van der Waals surface area contributed by atoms with Crippen molar-refractivity contribution < 1.29 is 4.39 Å². The predicted molar refractivity (Wildman–Crippen MR) is 72.8 cm³/mol. The predicted octanol–water partition coefficient (Wildman–Crippen LogP) is 2.67. The first kappa shape index (κ1) is 13.1. The number of nitrogen functional groups attached to an aromatic ring is 1. The van der Waals surface area contributed by atoms with Crippen molar-refractivity contribution in [2.75, 3.05) is 32.1 Å². The quantitative estimate of drug-likeness (QED) is 0.519. The molecular weight excluding hydrogens is 326 g/mol. The zero-order valence-corrected chi connectivity index (χ0v) is 11.7. The van der Waals surface area contributed by atoms with E-state index < -0.39 is 0 Å². The SMILES string of the molecule is CN(C)CCSc1cc(F)c(I)cc1N. The van der Waals surface area contributed by atoms with Crippen molar-refractivity contribution in [2.45, 2.75) is 4.90 Å². The van der Waals surface area contributed by atoms with E-state index in [0.717, 1.165) is 17.2 Å². The van der Waals surface area contributed by atoms with E-state index in [-0.39, 0.29) is 5.82 Å². The lowest BCUT2D eigenvalue weighted by molar-refractivity contribution is 0.437. The minimum Gasteiger partial charge on any atom is -0.398 e. The molecule has 1 rings (SSSR count). The maximum atomic E-state index is 13.3.